The molecule has 0 aromatic heterocycles. The summed E-state index contributed by atoms with van der Waals surface area (Å²) in [4.78, 5) is 26.7. The third-order valence-electron chi connectivity index (χ3n) is 4.34. The molecule has 1 aliphatic rings. The molecule has 7 heteroatoms. The van der Waals surface area contributed by atoms with Crippen molar-refractivity contribution in [3.8, 4) is 5.75 Å². The van der Waals surface area contributed by atoms with Crippen LogP contribution in [-0.4, -0.2) is 48.4 Å². The Balaban J connectivity index is 1.62. The lowest BCUT2D eigenvalue weighted by molar-refractivity contribution is -0.130. The Hall–Kier alpha value is -2.18. The predicted molar refractivity (Wildman–Crippen MR) is 110 cm³/mol. The summed E-state index contributed by atoms with van der Waals surface area (Å²) in [6.45, 7) is 1.64. The van der Waals surface area contributed by atoms with E-state index in [9.17, 15) is 9.59 Å². The average molecular weight is 405 g/mol. The molecule has 0 spiro atoms. The maximum atomic E-state index is 12.5. The molecule has 1 saturated heterocycles. The summed E-state index contributed by atoms with van der Waals surface area (Å²) in [7, 11) is 1.50. The maximum Gasteiger partial charge on any atom is 0.259 e. The number of amides is 2. The lowest BCUT2D eigenvalue weighted by Gasteiger charge is -2.26. The van der Waals surface area contributed by atoms with Gasteiger partial charge in [-0.05, 0) is 35.9 Å². The van der Waals surface area contributed by atoms with Crippen molar-refractivity contribution in [1.82, 2.24) is 4.90 Å². The number of methoxy groups -OCH3 is 1. The van der Waals surface area contributed by atoms with Crippen LogP contribution in [0.1, 0.15) is 15.9 Å². The Morgan fingerprint density at radius 2 is 1.85 bits per heavy atom. The Bertz CT molecular complexity index is 820. The maximum absolute atomic E-state index is 12.5. The number of halogens is 1. The second-order valence-corrected chi connectivity index (χ2v) is 7.83. The quantitative estimate of drug-likeness (QED) is 0.825. The summed E-state index contributed by atoms with van der Waals surface area (Å²) in [5.41, 5.74) is 1.99. The van der Waals surface area contributed by atoms with Gasteiger partial charge >= 0.3 is 0 Å². The Labute approximate surface area is 168 Å². The number of hydrogen-bond donors (Lipinski definition) is 1. The van der Waals surface area contributed by atoms with Crippen LogP contribution >= 0.6 is 23.4 Å². The first-order valence-corrected chi connectivity index (χ1v) is 10.2. The second-order valence-electron chi connectivity index (χ2n) is 6.17. The van der Waals surface area contributed by atoms with Gasteiger partial charge < -0.3 is 15.0 Å². The Morgan fingerprint density at radius 3 is 2.52 bits per heavy atom. The molecule has 1 heterocycles. The van der Waals surface area contributed by atoms with Gasteiger partial charge in [0.1, 0.15) is 5.75 Å². The van der Waals surface area contributed by atoms with Crippen LogP contribution in [0, 0.1) is 0 Å². The van der Waals surface area contributed by atoms with Crippen molar-refractivity contribution in [3.63, 3.8) is 0 Å². The number of carbonyl (C=O) groups excluding carboxylic acids is 2. The van der Waals surface area contributed by atoms with Crippen molar-refractivity contribution in [2.45, 2.75) is 6.42 Å². The molecule has 2 amide bonds. The SMILES string of the molecule is COc1cc(Cl)ccc1C(=O)Nc1ccc(CC(=O)N2CCSCC2)cc1. The minimum atomic E-state index is -0.279. The highest BCUT2D eigenvalue weighted by Gasteiger charge is 2.17. The molecule has 0 radical (unpaired) electrons. The van der Waals surface area contributed by atoms with E-state index < -0.39 is 0 Å². The molecule has 2 aromatic carbocycles. The second kappa shape index (κ2) is 9.15. The van der Waals surface area contributed by atoms with Crippen molar-refractivity contribution >= 4 is 40.9 Å². The van der Waals surface area contributed by atoms with Gasteiger partial charge in [-0.15, -0.1) is 0 Å². The molecule has 27 heavy (non-hydrogen) atoms. The summed E-state index contributed by atoms with van der Waals surface area (Å²) in [6.07, 6.45) is 0.379. The molecule has 1 N–H and O–H groups in total. The highest BCUT2D eigenvalue weighted by Crippen LogP contribution is 2.24. The standard InChI is InChI=1S/C20H21ClN2O3S/c1-26-18-13-15(21)4-7-17(18)20(25)22-16-5-2-14(3-6-16)12-19(24)23-8-10-27-11-9-23/h2-7,13H,8-12H2,1H3,(H,22,25). The monoisotopic (exact) mass is 404 g/mol. The first-order chi connectivity index (χ1) is 13.1. The van der Waals surface area contributed by atoms with Crippen LogP contribution in [-0.2, 0) is 11.2 Å². The first kappa shape index (κ1) is 19.6. The van der Waals surface area contributed by atoms with Gasteiger partial charge in [0.05, 0.1) is 19.1 Å². The van der Waals surface area contributed by atoms with E-state index in [0.717, 1.165) is 30.2 Å². The average Bonchev–Trinajstić information content (AvgIpc) is 2.69. The molecule has 3 rings (SSSR count). The number of rotatable bonds is 5. The molecule has 1 aliphatic heterocycles. The number of anilines is 1. The Morgan fingerprint density at radius 1 is 1.15 bits per heavy atom. The van der Waals surface area contributed by atoms with Gasteiger partial charge in [-0.3, -0.25) is 9.59 Å². The fraction of sp³-hybridized carbons (Fsp3) is 0.300. The van der Waals surface area contributed by atoms with Gasteiger partial charge in [0, 0.05) is 35.3 Å². The summed E-state index contributed by atoms with van der Waals surface area (Å²) < 4.78 is 5.22. The Kier molecular flexibility index (Phi) is 6.63. The van der Waals surface area contributed by atoms with Crippen molar-refractivity contribution in [3.05, 3.63) is 58.6 Å². The van der Waals surface area contributed by atoms with E-state index in [1.54, 1.807) is 30.3 Å². The van der Waals surface area contributed by atoms with Crippen LogP contribution in [0.5, 0.6) is 5.75 Å². The first-order valence-electron chi connectivity index (χ1n) is 8.66. The van der Waals surface area contributed by atoms with E-state index in [1.165, 1.54) is 7.11 Å². The van der Waals surface area contributed by atoms with E-state index in [1.807, 2.05) is 28.8 Å². The smallest absolute Gasteiger partial charge is 0.259 e. The fourth-order valence-corrected chi connectivity index (χ4v) is 3.92. The number of hydrogen-bond acceptors (Lipinski definition) is 4. The summed E-state index contributed by atoms with van der Waals surface area (Å²) in [5.74, 6) is 2.30. The highest BCUT2D eigenvalue weighted by atomic mass is 35.5. The summed E-state index contributed by atoms with van der Waals surface area (Å²) in [6, 6.07) is 12.2. The van der Waals surface area contributed by atoms with Crippen molar-refractivity contribution in [1.29, 1.82) is 0 Å². The third-order valence-corrected chi connectivity index (χ3v) is 5.52. The molecule has 0 saturated carbocycles. The zero-order valence-corrected chi connectivity index (χ0v) is 16.6. The molecule has 0 aliphatic carbocycles. The lowest BCUT2D eigenvalue weighted by atomic mass is 10.1. The summed E-state index contributed by atoms with van der Waals surface area (Å²) >= 11 is 7.81. The van der Waals surface area contributed by atoms with E-state index >= 15 is 0 Å². The number of nitrogens with one attached hydrogen (secondary N) is 1. The minimum absolute atomic E-state index is 0.151. The molecule has 0 unspecified atom stereocenters. The topological polar surface area (TPSA) is 58.6 Å². The third kappa shape index (κ3) is 5.17. The largest absolute Gasteiger partial charge is 0.496 e. The lowest BCUT2D eigenvalue weighted by Crippen LogP contribution is -2.38. The van der Waals surface area contributed by atoms with Crippen LogP contribution in [0.4, 0.5) is 5.69 Å². The molecule has 2 aromatic rings. The van der Waals surface area contributed by atoms with Gasteiger partial charge in [-0.1, -0.05) is 23.7 Å². The molecular formula is C20H21ClN2O3S. The summed E-state index contributed by atoms with van der Waals surface area (Å²) in [5, 5.41) is 3.34. The molecule has 0 bridgehead atoms. The van der Waals surface area contributed by atoms with Gasteiger partial charge in [-0.2, -0.15) is 11.8 Å². The zero-order valence-electron chi connectivity index (χ0n) is 15.0. The number of thioether (sulfide) groups is 1. The molecule has 142 valence electrons. The molecular weight excluding hydrogens is 384 g/mol. The van der Waals surface area contributed by atoms with Gasteiger partial charge in [0.25, 0.3) is 5.91 Å². The molecule has 1 fully saturated rings. The normalized spacial score (nSPS) is 13.9. The van der Waals surface area contributed by atoms with Crippen molar-refractivity contribution in [2.24, 2.45) is 0 Å². The van der Waals surface area contributed by atoms with E-state index in [4.69, 9.17) is 16.3 Å². The van der Waals surface area contributed by atoms with E-state index in [0.29, 0.717) is 28.4 Å². The van der Waals surface area contributed by atoms with Gasteiger partial charge in [0.2, 0.25) is 5.91 Å². The van der Waals surface area contributed by atoms with E-state index in [-0.39, 0.29) is 11.8 Å². The van der Waals surface area contributed by atoms with Crippen LogP contribution in [0.3, 0.4) is 0 Å². The van der Waals surface area contributed by atoms with Crippen LogP contribution in [0.25, 0.3) is 0 Å². The number of carbonyl (C=O) groups is 2. The van der Waals surface area contributed by atoms with Crippen LogP contribution in [0.2, 0.25) is 5.02 Å². The molecule has 0 atom stereocenters. The fourth-order valence-electron chi connectivity index (χ4n) is 2.86. The number of nitrogens with zero attached hydrogens (tertiary/aromatic N) is 1. The van der Waals surface area contributed by atoms with Crippen molar-refractivity contribution < 1.29 is 14.3 Å². The predicted octanol–water partition coefficient (Wildman–Crippen LogP) is 3.72. The molecule has 5 nitrogen and oxygen atoms in total. The zero-order chi connectivity index (χ0) is 19.2. The van der Waals surface area contributed by atoms with Gasteiger partial charge in [-0.25, -0.2) is 0 Å². The van der Waals surface area contributed by atoms with Crippen molar-refractivity contribution in [2.75, 3.05) is 37.0 Å². The van der Waals surface area contributed by atoms with Gasteiger partial charge in [0.15, 0.2) is 0 Å². The van der Waals surface area contributed by atoms with Crippen LogP contribution in [0.15, 0.2) is 42.5 Å². The number of benzene rings is 2. The minimum Gasteiger partial charge on any atom is -0.496 e. The highest BCUT2D eigenvalue weighted by molar-refractivity contribution is 7.99. The van der Waals surface area contributed by atoms with E-state index in [2.05, 4.69) is 5.32 Å². The number of ether oxygens (including phenoxy) is 1. The van der Waals surface area contributed by atoms with Crippen LogP contribution < -0.4 is 10.1 Å².